The molecule has 0 fully saturated rings. The molecule has 1 heterocycles. The maximum absolute atomic E-state index is 12.0. The summed E-state index contributed by atoms with van der Waals surface area (Å²) in [5, 5.41) is 9.58. The van der Waals surface area contributed by atoms with Crippen LogP contribution in [0.3, 0.4) is 0 Å². The van der Waals surface area contributed by atoms with E-state index in [9.17, 15) is 4.79 Å². The Bertz CT molecular complexity index is 578. The number of rotatable bonds is 3. The number of nitrogens with one attached hydrogen (secondary N) is 2. The molecule has 0 radical (unpaired) electrons. The first-order chi connectivity index (χ1) is 9.04. The van der Waals surface area contributed by atoms with Crippen LogP contribution in [0, 0.1) is 13.8 Å². The number of H-pyrrole nitrogens is 1. The van der Waals surface area contributed by atoms with Gasteiger partial charge in [-0.3, -0.25) is 5.10 Å². The minimum atomic E-state index is -0.187. The van der Waals surface area contributed by atoms with Crippen LogP contribution in [-0.4, -0.2) is 33.2 Å². The number of hydrogen-bond donors (Lipinski definition) is 2. The Kier molecular flexibility index (Phi) is 3.79. The molecule has 19 heavy (non-hydrogen) atoms. The summed E-state index contributed by atoms with van der Waals surface area (Å²) in [5.41, 5.74) is 1.88. The second kappa shape index (κ2) is 5.51. The van der Waals surface area contributed by atoms with Crippen molar-refractivity contribution < 1.29 is 4.79 Å². The molecule has 2 rings (SSSR count). The van der Waals surface area contributed by atoms with E-state index < -0.39 is 0 Å². The average Bonchev–Trinajstić information content (AvgIpc) is 2.74. The maximum atomic E-state index is 12.0. The number of aromatic amines is 1. The van der Waals surface area contributed by atoms with Crippen molar-refractivity contribution in [1.82, 2.24) is 20.1 Å². The monoisotopic (exact) mass is 259 g/mol. The lowest BCUT2D eigenvalue weighted by atomic mass is 10.2. The number of aryl methyl sites for hydroxylation is 2. The number of carbonyl (C=O) groups excluding carboxylic acids is 1. The minimum Gasteiger partial charge on any atom is -0.320 e. The SMILES string of the molecule is Cc1cccc(NC(=O)N(C)Cc2n[nH]c(C)n2)c1. The Morgan fingerprint density at radius 3 is 2.84 bits per heavy atom. The van der Waals surface area contributed by atoms with Gasteiger partial charge in [0.25, 0.3) is 0 Å². The molecule has 0 aliphatic carbocycles. The van der Waals surface area contributed by atoms with Crippen LogP contribution >= 0.6 is 0 Å². The fourth-order valence-corrected chi connectivity index (χ4v) is 1.69. The van der Waals surface area contributed by atoms with E-state index in [4.69, 9.17) is 0 Å². The molecular formula is C13H17N5O. The highest BCUT2D eigenvalue weighted by Gasteiger charge is 2.11. The molecule has 0 saturated heterocycles. The van der Waals surface area contributed by atoms with Crippen LogP contribution in [0.1, 0.15) is 17.2 Å². The van der Waals surface area contributed by atoms with Gasteiger partial charge in [-0.15, -0.1) is 0 Å². The second-order valence-electron chi connectivity index (χ2n) is 4.49. The van der Waals surface area contributed by atoms with E-state index in [1.807, 2.05) is 38.1 Å². The van der Waals surface area contributed by atoms with Gasteiger partial charge in [0, 0.05) is 12.7 Å². The van der Waals surface area contributed by atoms with Gasteiger partial charge in [0.15, 0.2) is 5.82 Å². The predicted octanol–water partition coefficient (Wildman–Crippen LogP) is 2.09. The molecule has 100 valence electrons. The first kappa shape index (κ1) is 13.1. The van der Waals surface area contributed by atoms with Crippen molar-refractivity contribution in [3.05, 3.63) is 41.5 Å². The Morgan fingerprint density at radius 2 is 2.21 bits per heavy atom. The van der Waals surface area contributed by atoms with Gasteiger partial charge in [-0.05, 0) is 31.5 Å². The van der Waals surface area contributed by atoms with Crippen LogP contribution < -0.4 is 5.32 Å². The van der Waals surface area contributed by atoms with Crippen LogP contribution in [-0.2, 0) is 6.54 Å². The molecule has 0 aliphatic rings. The zero-order chi connectivity index (χ0) is 13.8. The molecule has 0 saturated carbocycles. The molecule has 2 N–H and O–H groups in total. The fraction of sp³-hybridized carbons (Fsp3) is 0.308. The molecule has 6 nitrogen and oxygen atoms in total. The number of urea groups is 1. The molecule has 1 aromatic heterocycles. The summed E-state index contributed by atoms with van der Waals surface area (Å²) < 4.78 is 0. The second-order valence-corrected chi connectivity index (χ2v) is 4.49. The van der Waals surface area contributed by atoms with E-state index in [0.717, 1.165) is 17.1 Å². The van der Waals surface area contributed by atoms with Crippen LogP contribution in [0.5, 0.6) is 0 Å². The van der Waals surface area contributed by atoms with Crippen LogP contribution in [0.25, 0.3) is 0 Å². The molecule has 0 spiro atoms. The summed E-state index contributed by atoms with van der Waals surface area (Å²) in [4.78, 5) is 17.7. The first-order valence-electron chi connectivity index (χ1n) is 6.01. The number of carbonyl (C=O) groups is 1. The number of amides is 2. The van der Waals surface area contributed by atoms with E-state index in [0.29, 0.717) is 12.4 Å². The number of hydrogen-bond acceptors (Lipinski definition) is 3. The van der Waals surface area contributed by atoms with Gasteiger partial charge in [0.05, 0.1) is 6.54 Å². The summed E-state index contributed by atoms with van der Waals surface area (Å²) in [6.45, 7) is 4.17. The van der Waals surface area contributed by atoms with Crippen molar-refractivity contribution >= 4 is 11.7 Å². The molecule has 0 atom stereocenters. The lowest BCUT2D eigenvalue weighted by Crippen LogP contribution is -2.31. The number of benzene rings is 1. The molecule has 2 aromatic rings. The standard InChI is InChI=1S/C13H17N5O/c1-9-5-4-6-11(7-9)15-13(19)18(3)8-12-14-10(2)16-17-12/h4-7H,8H2,1-3H3,(H,15,19)(H,14,16,17). The van der Waals surface area contributed by atoms with Gasteiger partial charge in [0.1, 0.15) is 5.82 Å². The largest absolute Gasteiger partial charge is 0.321 e. The highest BCUT2D eigenvalue weighted by Crippen LogP contribution is 2.10. The molecular weight excluding hydrogens is 242 g/mol. The van der Waals surface area contributed by atoms with E-state index in [1.54, 1.807) is 7.05 Å². The van der Waals surface area contributed by atoms with Gasteiger partial charge >= 0.3 is 6.03 Å². The van der Waals surface area contributed by atoms with Crippen molar-refractivity contribution in [3.63, 3.8) is 0 Å². The third kappa shape index (κ3) is 3.54. The Hall–Kier alpha value is -2.37. The first-order valence-corrected chi connectivity index (χ1v) is 6.01. The number of anilines is 1. The third-order valence-corrected chi connectivity index (χ3v) is 2.64. The van der Waals surface area contributed by atoms with Gasteiger partial charge in [-0.2, -0.15) is 5.10 Å². The lowest BCUT2D eigenvalue weighted by Gasteiger charge is -2.16. The number of aromatic nitrogens is 3. The van der Waals surface area contributed by atoms with Gasteiger partial charge < -0.3 is 10.2 Å². The van der Waals surface area contributed by atoms with Crippen LogP contribution in [0.15, 0.2) is 24.3 Å². The summed E-state index contributed by atoms with van der Waals surface area (Å²) >= 11 is 0. The van der Waals surface area contributed by atoms with E-state index in [2.05, 4.69) is 20.5 Å². The quantitative estimate of drug-likeness (QED) is 0.886. The Morgan fingerprint density at radius 1 is 1.42 bits per heavy atom. The zero-order valence-corrected chi connectivity index (χ0v) is 11.3. The summed E-state index contributed by atoms with van der Waals surface area (Å²) in [6, 6.07) is 7.48. The van der Waals surface area contributed by atoms with Crippen molar-refractivity contribution in [2.75, 3.05) is 12.4 Å². The van der Waals surface area contributed by atoms with Crippen molar-refractivity contribution in [2.24, 2.45) is 0 Å². The normalized spacial score (nSPS) is 10.3. The highest BCUT2D eigenvalue weighted by molar-refractivity contribution is 5.89. The third-order valence-electron chi connectivity index (χ3n) is 2.64. The molecule has 6 heteroatoms. The maximum Gasteiger partial charge on any atom is 0.321 e. The van der Waals surface area contributed by atoms with E-state index in [1.165, 1.54) is 4.90 Å². The molecule has 0 bridgehead atoms. The summed E-state index contributed by atoms with van der Waals surface area (Å²) in [7, 11) is 1.71. The lowest BCUT2D eigenvalue weighted by molar-refractivity contribution is 0.219. The fourth-order valence-electron chi connectivity index (χ4n) is 1.69. The van der Waals surface area contributed by atoms with Crippen molar-refractivity contribution in [1.29, 1.82) is 0 Å². The molecule has 0 aliphatic heterocycles. The van der Waals surface area contributed by atoms with Crippen molar-refractivity contribution in [3.8, 4) is 0 Å². The Balaban J connectivity index is 1.96. The summed E-state index contributed by atoms with van der Waals surface area (Å²) in [6.07, 6.45) is 0. The highest BCUT2D eigenvalue weighted by atomic mass is 16.2. The zero-order valence-electron chi connectivity index (χ0n) is 11.3. The molecule has 2 amide bonds. The molecule has 1 aromatic carbocycles. The van der Waals surface area contributed by atoms with Crippen LogP contribution in [0.2, 0.25) is 0 Å². The topological polar surface area (TPSA) is 73.9 Å². The van der Waals surface area contributed by atoms with E-state index >= 15 is 0 Å². The van der Waals surface area contributed by atoms with E-state index in [-0.39, 0.29) is 6.03 Å². The van der Waals surface area contributed by atoms with Gasteiger partial charge in [-0.25, -0.2) is 9.78 Å². The predicted molar refractivity (Wildman–Crippen MR) is 72.8 cm³/mol. The van der Waals surface area contributed by atoms with Gasteiger partial charge in [-0.1, -0.05) is 12.1 Å². The Labute approximate surface area is 111 Å². The number of nitrogens with zero attached hydrogens (tertiary/aromatic N) is 3. The average molecular weight is 259 g/mol. The van der Waals surface area contributed by atoms with Gasteiger partial charge in [0.2, 0.25) is 0 Å². The minimum absolute atomic E-state index is 0.187. The van der Waals surface area contributed by atoms with Crippen molar-refractivity contribution in [2.45, 2.75) is 20.4 Å². The smallest absolute Gasteiger partial charge is 0.320 e. The molecule has 0 unspecified atom stereocenters. The summed E-state index contributed by atoms with van der Waals surface area (Å²) in [5.74, 6) is 1.34. The van der Waals surface area contributed by atoms with Crippen LogP contribution in [0.4, 0.5) is 10.5 Å².